The number of nitrogens with zero attached hydrogens (tertiary/aromatic N) is 4. The maximum atomic E-state index is 13.0. The van der Waals surface area contributed by atoms with E-state index in [1.807, 2.05) is 51.3 Å². The van der Waals surface area contributed by atoms with E-state index in [0.29, 0.717) is 23.8 Å². The van der Waals surface area contributed by atoms with Gasteiger partial charge in [0.15, 0.2) is 5.65 Å². The predicted molar refractivity (Wildman–Crippen MR) is 121 cm³/mol. The molecule has 8 nitrogen and oxygen atoms in total. The van der Waals surface area contributed by atoms with Gasteiger partial charge in [-0.05, 0) is 64.5 Å². The third kappa shape index (κ3) is 4.31. The Balaban J connectivity index is 1.71. The molecule has 168 valence electrons. The first-order valence-corrected chi connectivity index (χ1v) is 12.1. The molecular formula is C22H31N5O3S. The van der Waals surface area contributed by atoms with Gasteiger partial charge in [-0.3, -0.25) is 14.6 Å². The molecule has 1 aliphatic carbocycles. The summed E-state index contributed by atoms with van der Waals surface area (Å²) in [5.74, 6) is 0.308. The van der Waals surface area contributed by atoms with Crippen LogP contribution in [-0.2, 0) is 16.2 Å². The molecule has 0 aromatic carbocycles. The van der Waals surface area contributed by atoms with E-state index in [0.717, 1.165) is 30.5 Å². The number of carbonyl (C=O) groups excluding carboxylic acids is 2. The van der Waals surface area contributed by atoms with Gasteiger partial charge in [-0.1, -0.05) is 6.92 Å². The number of imidazole rings is 1. The minimum Gasteiger partial charge on any atom is -0.598 e. The van der Waals surface area contributed by atoms with Gasteiger partial charge in [-0.15, -0.1) is 4.72 Å². The van der Waals surface area contributed by atoms with Gasteiger partial charge in [0.2, 0.25) is 0 Å². The predicted octanol–water partition coefficient (Wildman–Crippen LogP) is 3.50. The number of imide groups is 1. The number of urea groups is 1. The Morgan fingerprint density at radius 2 is 2.00 bits per heavy atom. The Morgan fingerprint density at radius 3 is 2.61 bits per heavy atom. The van der Waals surface area contributed by atoms with E-state index in [1.165, 1.54) is 4.90 Å². The molecule has 4 rings (SSSR count). The van der Waals surface area contributed by atoms with Gasteiger partial charge in [0.1, 0.15) is 11.3 Å². The SMILES string of the molecule is CCCN1C(=O)CN(c2cc(C3CC3)cn3cc(C(C)N[S+]([O-])C(C)(C)C)nc23)C1=O. The fourth-order valence-corrected chi connectivity index (χ4v) is 4.53. The van der Waals surface area contributed by atoms with Crippen LogP contribution in [0.15, 0.2) is 18.5 Å². The van der Waals surface area contributed by atoms with Crippen LogP contribution in [0.1, 0.15) is 77.1 Å². The standard InChI is InChI=1S/C22H31N5O3S/c1-6-9-26-19(28)13-27(21(26)29)18-10-16(15-7-8-15)11-25-12-17(23-20(18)25)14(2)24-31(30)22(3,4)5/h10-12,14-15,24H,6-9,13H2,1-5H3. The monoisotopic (exact) mass is 445 g/mol. The van der Waals surface area contributed by atoms with Crippen molar-refractivity contribution in [3.63, 3.8) is 0 Å². The summed E-state index contributed by atoms with van der Waals surface area (Å²) in [6, 6.07) is 1.49. The molecule has 3 heterocycles. The summed E-state index contributed by atoms with van der Waals surface area (Å²) >= 11 is -1.23. The Bertz CT molecular complexity index is 1010. The van der Waals surface area contributed by atoms with Crippen molar-refractivity contribution in [2.45, 2.75) is 70.6 Å². The summed E-state index contributed by atoms with van der Waals surface area (Å²) in [6.45, 7) is 10.1. The van der Waals surface area contributed by atoms with E-state index in [2.05, 4.69) is 10.9 Å². The smallest absolute Gasteiger partial charge is 0.331 e. The first-order valence-electron chi connectivity index (χ1n) is 10.9. The third-order valence-corrected chi connectivity index (χ3v) is 7.38. The summed E-state index contributed by atoms with van der Waals surface area (Å²) in [6.07, 6.45) is 6.97. The zero-order chi connectivity index (χ0) is 22.5. The van der Waals surface area contributed by atoms with E-state index in [9.17, 15) is 14.1 Å². The van der Waals surface area contributed by atoms with Gasteiger partial charge in [0.05, 0.1) is 17.4 Å². The lowest BCUT2D eigenvalue weighted by Crippen LogP contribution is -2.40. The summed E-state index contributed by atoms with van der Waals surface area (Å²) in [5.41, 5.74) is 3.19. The van der Waals surface area contributed by atoms with Crippen molar-refractivity contribution in [2.24, 2.45) is 0 Å². The van der Waals surface area contributed by atoms with Crippen LogP contribution in [0.2, 0.25) is 0 Å². The molecule has 2 fully saturated rings. The van der Waals surface area contributed by atoms with E-state index < -0.39 is 11.4 Å². The Morgan fingerprint density at radius 1 is 1.29 bits per heavy atom. The number of hydrogen-bond donors (Lipinski definition) is 1. The Labute approximate surface area is 186 Å². The van der Waals surface area contributed by atoms with Crippen LogP contribution >= 0.6 is 0 Å². The molecule has 9 heteroatoms. The van der Waals surface area contributed by atoms with Gasteiger partial charge in [-0.25, -0.2) is 9.78 Å². The van der Waals surface area contributed by atoms with Gasteiger partial charge >= 0.3 is 6.03 Å². The minimum absolute atomic E-state index is 0.0344. The van der Waals surface area contributed by atoms with Gasteiger partial charge in [0, 0.05) is 30.3 Å². The molecule has 2 aliphatic rings. The lowest BCUT2D eigenvalue weighted by Gasteiger charge is -2.25. The Hall–Kier alpha value is -2.10. The highest BCUT2D eigenvalue weighted by Crippen LogP contribution is 2.42. The van der Waals surface area contributed by atoms with Crippen LogP contribution in [0, 0.1) is 0 Å². The van der Waals surface area contributed by atoms with E-state index in [4.69, 9.17) is 4.98 Å². The lowest BCUT2D eigenvalue weighted by atomic mass is 10.1. The fraction of sp³-hybridized carbons (Fsp3) is 0.591. The molecule has 0 spiro atoms. The first kappa shape index (κ1) is 22.1. The second kappa shape index (κ2) is 8.11. The fourth-order valence-electron chi connectivity index (χ4n) is 3.74. The van der Waals surface area contributed by atoms with Crippen molar-refractivity contribution in [1.29, 1.82) is 0 Å². The number of rotatable bonds is 7. The van der Waals surface area contributed by atoms with E-state index >= 15 is 0 Å². The third-order valence-electron chi connectivity index (χ3n) is 5.70. The average Bonchev–Trinajstić information content (AvgIpc) is 3.40. The van der Waals surface area contributed by atoms with Crippen LogP contribution in [0.4, 0.5) is 10.5 Å². The molecule has 0 bridgehead atoms. The molecule has 2 aromatic rings. The van der Waals surface area contributed by atoms with Crippen molar-refractivity contribution in [1.82, 2.24) is 19.0 Å². The summed E-state index contributed by atoms with van der Waals surface area (Å²) in [4.78, 5) is 33.1. The summed E-state index contributed by atoms with van der Waals surface area (Å²) in [5, 5.41) is 0. The zero-order valence-corrected chi connectivity index (χ0v) is 19.7. The van der Waals surface area contributed by atoms with Crippen LogP contribution in [0.25, 0.3) is 5.65 Å². The molecular weight excluding hydrogens is 414 g/mol. The largest absolute Gasteiger partial charge is 0.598 e. The molecule has 2 aromatic heterocycles. The topological polar surface area (TPSA) is 93.0 Å². The first-order chi connectivity index (χ1) is 14.6. The molecule has 31 heavy (non-hydrogen) atoms. The summed E-state index contributed by atoms with van der Waals surface area (Å²) in [7, 11) is 0. The number of hydrogen-bond acceptors (Lipinski definition) is 5. The lowest BCUT2D eigenvalue weighted by molar-refractivity contribution is -0.124. The molecule has 3 amide bonds. The molecule has 0 radical (unpaired) electrons. The highest BCUT2D eigenvalue weighted by Gasteiger charge is 2.38. The zero-order valence-electron chi connectivity index (χ0n) is 18.8. The number of aromatic nitrogens is 2. The van der Waals surface area contributed by atoms with Gasteiger partial charge in [0.25, 0.3) is 5.91 Å². The highest BCUT2D eigenvalue weighted by molar-refractivity contribution is 7.90. The number of fused-ring (bicyclic) bond motifs is 1. The van der Waals surface area contributed by atoms with Crippen LogP contribution in [0.3, 0.4) is 0 Å². The number of nitrogens with one attached hydrogen (secondary N) is 1. The number of amides is 3. The quantitative estimate of drug-likeness (QED) is 0.520. The second-order valence-corrected chi connectivity index (χ2v) is 11.5. The number of pyridine rings is 1. The van der Waals surface area contributed by atoms with Gasteiger partial charge < -0.3 is 8.95 Å². The Kier molecular flexibility index (Phi) is 5.78. The van der Waals surface area contributed by atoms with Crippen molar-refractivity contribution < 1.29 is 14.1 Å². The van der Waals surface area contributed by atoms with Crippen molar-refractivity contribution in [3.05, 3.63) is 29.7 Å². The maximum absolute atomic E-state index is 13.0. The normalized spacial score (nSPS) is 19.5. The molecule has 1 saturated heterocycles. The van der Waals surface area contributed by atoms with Crippen LogP contribution in [0.5, 0.6) is 0 Å². The number of anilines is 1. The summed E-state index contributed by atoms with van der Waals surface area (Å²) < 4.78 is 17.2. The van der Waals surface area contributed by atoms with Crippen LogP contribution < -0.4 is 9.62 Å². The highest BCUT2D eigenvalue weighted by atomic mass is 32.2. The van der Waals surface area contributed by atoms with E-state index in [-0.39, 0.29) is 29.3 Å². The average molecular weight is 446 g/mol. The molecule has 1 N–H and O–H groups in total. The minimum atomic E-state index is -1.23. The molecule has 2 unspecified atom stereocenters. The van der Waals surface area contributed by atoms with Crippen LogP contribution in [-0.4, -0.2) is 48.6 Å². The maximum Gasteiger partial charge on any atom is 0.331 e. The molecule has 1 aliphatic heterocycles. The second-order valence-electron chi connectivity index (χ2n) is 9.46. The van der Waals surface area contributed by atoms with Gasteiger partial charge in [-0.2, -0.15) is 0 Å². The van der Waals surface area contributed by atoms with Crippen molar-refractivity contribution >= 4 is 34.6 Å². The van der Waals surface area contributed by atoms with Crippen molar-refractivity contribution in [3.8, 4) is 0 Å². The van der Waals surface area contributed by atoms with Crippen molar-refractivity contribution in [2.75, 3.05) is 18.0 Å². The van der Waals surface area contributed by atoms with E-state index in [1.54, 1.807) is 4.90 Å². The molecule has 2 atom stereocenters. The molecule has 1 saturated carbocycles. The number of carbonyl (C=O) groups is 2.